The van der Waals surface area contributed by atoms with E-state index in [4.69, 9.17) is 16.1 Å². The number of nitrogens with one attached hydrogen (secondary N) is 2. The number of hydrogen-bond donors (Lipinski definition) is 2. The van der Waals surface area contributed by atoms with E-state index in [0.717, 1.165) is 24.6 Å². The van der Waals surface area contributed by atoms with Crippen molar-refractivity contribution in [1.29, 1.82) is 0 Å². The largest absolute Gasteiger partial charge is 0.357 e. The Bertz CT molecular complexity index is 651. The van der Waals surface area contributed by atoms with Crippen LogP contribution in [0.5, 0.6) is 0 Å². The lowest BCUT2D eigenvalue weighted by molar-refractivity contribution is 0.378. The fraction of sp³-hybridized carbons (Fsp3) is 0.471. The SMILES string of the molecule is CCNC(=NCC(C)C)NCCc1nc(-c2ccc(Cl)cc2)no1. The first-order chi connectivity index (χ1) is 11.6. The van der Waals surface area contributed by atoms with Crippen LogP contribution in [0.3, 0.4) is 0 Å². The van der Waals surface area contributed by atoms with Gasteiger partial charge in [0.1, 0.15) is 0 Å². The Kier molecular flexibility index (Phi) is 7.06. The van der Waals surface area contributed by atoms with E-state index >= 15 is 0 Å². The van der Waals surface area contributed by atoms with Crippen LogP contribution in [-0.2, 0) is 6.42 Å². The van der Waals surface area contributed by atoms with Crippen molar-refractivity contribution in [2.75, 3.05) is 19.6 Å². The summed E-state index contributed by atoms with van der Waals surface area (Å²) in [7, 11) is 0. The van der Waals surface area contributed by atoms with Gasteiger partial charge in [-0.2, -0.15) is 4.98 Å². The van der Waals surface area contributed by atoms with Crippen LogP contribution in [0.25, 0.3) is 11.4 Å². The van der Waals surface area contributed by atoms with Crippen molar-refractivity contribution in [3.8, 4) is 11.4 Å². The minimum absolute atomic E-state index is 0.526. The maximum Gasteiger partial charge on any atom is 0.228 e. The minimum Gasteiger partial charge on any atom is -0.357 e. The average Bonchev–Trinajstić information content (AvgIpc) is 3.02. The van der Waals surface area contributed by atoms with E-state index in [1.807, 2.05) is 31.2 Å². The Labute approximate surface area is 147 Å². The molecule has 0 unspecified atom stereocenters. The first-order valence-electron chi connectivity index (χ1n) is 8.19. The Morgan fingerprint density at radius 3 is 2.67 bits per heavy atom. The molecule has 0 saturated carbocycles. The van der Waals surface area contributed by atoms with Crippen molar-refractivity contribution in [3.05, 3.63) is 35.2 Å². The Morgan fingerprint density at radius 2 is 2.00 bits per heavy atom. The van der Waals surface area contributed by atoms with Gasteiger partial charge in [-0.3, -0.25) is 4.99 Å². The Balaban J connectivity index is 1.88. The third kappa shape index (κ3) is 5.85. The molecule has 0 aliphatic rings. The number of halogens is 1. The molecule has 0 aliphatic carbocycles. The molecule has 6 nitrogen and oxygen atoms in total. The summed E-state index contributed by atoms with van der Waals surface area (Å²) in [4.78, 5) is 8.93. The lowest BCUT2D eigenvalue weighted by Gasteiger charge is -2.10. The summed E-state index contributed by atoms with van der Waals surface area (Å²) in [5.74, 6) is 2.50. The van der Waals surface area contributed by atoms with Gasteiger partial charge >= 0.3 is 0 Å². The molecule has 0 aliphatic heterocycles. The highest BCUT2D eigenvalue weighted by atomic mass is 35.5. The number of benzene rings is 1. The van der Waals surface area contributed by atoms with Gasteiger partial charge in [0.15, 0.2) is 5.96 Å². The standard InChI is InChI=1S/C17H24ClN5O/c1-4-19-17(21-11-12(2)3)20-10-9-15-22-16(23-24-15)13-5-7-14(18)8-6-13/h5-8,12H,4,9-11H2,1-3H3,(H2,19,20,21). The molecule has 130 valence electrons. The monoisotopic (exact) mass is 349 g/mol. The van der Waals surface area contributed by atoms with Crippen molar-refractivity contribution in [2.45, 2.75) is 27.2 Å². The number of hydrogen-bond acceptors (Lipinski definition) is 4. The second-order valence-corrected chi connectivity index (χ2v) is 6.25. The summed E-state index contributed by atoms with van der Waals surface area (Å²) < 4.78 is 5.29. The first kappa shape index (κ1) is 18.3. The van der Waals surface area contributed by atoms with Crippen LogP contribution in [-0.4, -0.2) is 35.7 Å². The third-order valence-corrected chi connectivity index (χ3v) is 3.41. The van der Waals surface area contributed by atoms with Crippen molar-refractivity contribution in [2.24, 2.45) is 10.9 Å². The topological polar surface area (TPSA) is 75.3 Å². The molecule has 2 aromatic rings. The van der Waals surface area contributed by atoms with E-state index in [2.05, 4.69) is 39.6 Å². The molecule has 0 amide bonds. The second-order valence-electron chi connectivity index (χ2n) is 5.81. The molecule has 0 fully saturated rings. The molecule has 1 aromatic heterocycles. The molecule has 0 radical (unpaired) electrons. The smallest absolute Gasteiger partial charge is 0.228 e. The molecule has 24 heavy (non-hydrogen) atoms. The summed E-state index contributed by atoms with van der Waals surface area (Å²) in [6, 6.07) is 7.36. The minimum atomic E-state index is 0.526. The Hall–Kier alpha value is -2.08. The maximum atomic E-state index is 5.88. The van der Waals surface area contributed by atoms with Crippen LogP contribution in [0, 0.1) is 5.92 Å². The summed E-state index contributed by atoms with van der Waals surface area (Å²) in [6.45, 7) is 8.62. The molecule has 1 heterocycles. The molecule has 7 heteroatoms. The molecule has 0 saturated heterocycles. The second kappa shape index (κ2) is 9.27. The van der Waals surface area contributed by atoms with E-state index < -0.39 is 0 Å². The zero-order chi connectivity index (χ0) is 17.4. The van der Waals surface area contributed by atoms with Gasteiger partial charge in [0.2, 0.25) is 11.7 Å². The molecule has 2 rings (SSSR count). The van der Waals surface area contributed by atoms with E-state index in [9.17, 15) is 0 Å². The summed E-state index contributed by atoms with van der Waals surface area (Å²) in [6.07, 6.45) is 0.632. The van der Waals surface area contributed by atoms with Gasteiger partial charge < -0.3 is 15.2 Å². The van der Waals surface area contributed by atoms with Crippen molar-refractivity contribution < 1.29 is 4.52 Å². The number of nitrogens with zero attached hydrogens (tertiary/aromatic N) is 3. The van der Waals surface area contributed by atoms with Gasteiger partial charge in [0, 0.05) is 36.6 Å². The number of guanidine groups is 1. The molecular formula is C17H24ClN5O. The predicted molar refractivity (Wildman–Crippen MR) is 97.3 cm³/mol. The van der Waals surface area contributed by atoms with Gasteiger partial charge in [-0.1, -0.05) is 30.6 Å². The Morgan fingerprint density at radius 1 is 1.25 bits per heavy atom. The normalized spacial score (nSPS) is 11.8. The molecular weight excluding hydrogens is 326 g/mol. The van der Waals surface area contributed by atoms with Gasteiger partial charge in [-0.05, 0) is 37.1 Å². The van der Waals surface area contributed by atoms with Gasteiger partial charge in [0.25, 0.3) is 0 Å². The van der Waals surface area contributed by atoms with Crippen molar-refractivity contribution in [1.82, 2.24) is 20.8 Å². The number of aliphatic imine (C=N–C) groups is 1. The van der Waals surface area contributed by atoms with Gasteiger partial charge in [-0.25, -0.2) is 0 Å². The predicted octanol–water partition coefficient (Wildman–Crippen LogP) is 3.14. The van der Waals surface area contributed by atoms with Crippen LogP contribution in [0.1, 0.15) is 26.7 Å². The number of rotatable bonds is 7. The van der Waals surface area contributed by atoms with E-state index in [0.29, 0.717) is 35.6 Å². The van der Waals surface area contributed by atoms with Crippen LogP contribution < -0.4 is 10.6 Å². The highest BCUT2D eigenvalue weighted by molar-refractivity contribution is 6.30. The molecule has 1 aromatic carbocycles. The van der Waals surface area contributed by atoms with Crippen molar-refractivity contribution >= 4 is 17.6 Å². The fourth-order valence-electron chi connectivity index (χ4n) is 1.98. The average molecular weight is 350 g/mol. The highest BCUT2D eigenvalue weighted by Gasteiger charge is 2.08. The lowest BCUT2D eigenvalue weighted by atomic mass is 10.2. The quantitative estimate of drug-likeness (QED) is 0.593. The first-order valence-corrected chi connectivity index (χ1v) is 8.57. The number of aromatic nitrogens is 2. The van der Waals surface area contributed by atoms with Crippen LogP contribution in [0.2, 0.25) is 5.02 Å². The molecule has 0 spiro atoms. The summed E-state index contributed by atoms with van der Waals surface area (Å²) >= 11 is 5.88. The summed E-state index contributed by atoms with van der Waals surface area (Å²) in [5, 5.41) is 11.2. The van der Waals surface area contributed by atoms with E-state index in [1.54, 1.807) is 0 Å². The van der Waals surface area contributed by atoms with Crippen LogP contribution in [0.15, 0.2) is 33.8 Å². The maximum absolute atomic E-state index is 5.88. The summed E-state index contributed by atoms with van der Waals surface area (Å²) in [5.41, 5.74) is 0.884. The zero-order valence-electron chi connectivity index (χ0n) is 14.3. The van der Waals surface area contributed by atoms with E-state index in [-0.39, 0.29) is 0 Å². The lowest BCUT2D eigenvalue weighted by Crippen LogP contribution is -2.38. The fourth-order valence-corrected chi connectivity index (χ4v) is 2.10. The molecule has 0 bridgehead atoms. The van der Waals surface area contributed by atoms with E-state index in [1.165, 1.54) is 0 Å². The van der Waals surface area contributed by atoms with Gasteiger partial charge in [0.05, 0.1) is 0 Å². The highest BCUT2D eigenvalue weighted by Crippen LogP contribution is 2.18. The van der Waals surface area contributed by atoms with Crippen LogP contribution in [0.4, 0.5) is 0 Å². The third-order valence-electron chi connectivity index (χ3n) is 3.16. The molecule has 0 atom stereocenters. The molecule has 2 N–H and O–H groups in total. The van der Waals surface area contributed by atoms with Crippen molar-refractivity contribution in [3.63, 3.8) is 0 Å². The zero-order valence-corrected chi connectivity index (χ0v) is 15.1. The van der Waals surface area contributed by atoms with Gasteiger partial charge in [-0.15, -0.1) is 0 Å². The van der Waals surface area contributed by atoms with Crippen LogP contribution >= 0.6 is 11.6 Å².